The maximum atomic E-state index is 12.7. The van der Waals surface area contributed by atoms with Crippen LogP contribution in [0, 0.1) is 12.8 Å². The Labute approximate surface area is 162 Å². The van der Waals surface area contributed by atoms with E-state index in [1.165, 1.54) is 0 Å². The lowest BCUT2D eigenvalue weighted by Gasteiger charge is -2.22. The van der Waals surface area contributed by atoms with Gasteiger partial charge in [-0.25, -0.2) is 0 Å². The third-order valence-corrected chi connectivity index (χ3v) is 4.53. The number of halogens is 1. The molecule has 0 fully saturated rings. The quantitative estimate of drug-likeness (QED) is 0.739. The Morgan fingerprint density at radius 3 is 2.27 bits per heavy atom. The van der Waals surface area contributed by atoms with Gasteiger partial charge in [0.25, 0.3) is 5.91 Å². The molecule has 2 rings (SSSR count). The molecule has 0 aliphatic carbocycles. The van der Waals surface area contributed by atoms with Gasteiger partial charge in [0.2, 0.25) is 5.91 Å². The second kappa shape index (κ2) is 8.85. The van der Waals surface area contributed by atoms with E-state index in [0.717, 1.165) is 15.7 Å². The molecule has 0 aliphatic heterocycles. The molecule has 0 radical (unpaired) electrons. The molecule has 0 spiro atoms. The average molecular weight is 419 g/mol. The minimum atomic E-state index is -0.646. The summed E-state index contributed by atoms with van der Waals surface area (Å²) >= 11 is 3.40. The predicted molar refractivity (Wildman–Crippen MR) is 107 cm³/mol. The van der Waals surface area contributed by atoms with E-state index in [0.29, 0.717) is 11.3 Å². The van der Waals surface area contributed by atoms with Gasteiger partial charge in [0, 0.05) is 15.7 Å². The van der Waals surface area contributed by atoms with Crippen molar-refractivity contribution in [3.05, 3.63) is 58.1 Å². The van der Waals surface area contributed by atoms with Crippen LogP contribution in [0.5, 0.6) is 5.75 Å². The number of aryl methyl sites for hydroxylation is 1. The number of amides is 2. The van der Waals surface area contributed by atoms with E-state index in [2.05, 4.69) is 26.6 Å². The largest absolute Gasteiger partial charge is 0.497 e. The van der Waals surface area contributed by atoms with Gasteiger partial charge in [0.1, 0.15) is 11.8 Å². The van der Waals surface area contributed by atoms with Crippen molar-refractivity contribution in [2.45, 2.75) is 26.8 Å². The number of nitrogens with one attached hydrogen (secondary N) is 2. The minimum Gasteiger partial charge on any atom is -0.497 e. The highest BCUT2D eigenvalue weighted by atomic mass is 79.9. The number of ether oxygens (including phenoxy) is 1. The van der Waals surface area contributed by atoms with Crippen LogP contribution < -0.4 is 15.4 Å². The molecule has 0 aliphatic rings. The van der Waals surface area contributed by atoms with Crippen molar-refractivity contribution in [3.8, 4) is 5.75 Å². The monoisotopic (exact) mass is 418 g/mol. The third-order valence-electron chi connectivity index (χ3n) is 4.03. The molecule has 1 unspecified atom stereocenters. The van der Waals surface area contributed by atoms with E-state index in [-0.39, 0.29) is 17.7 Å². The average Bonchev–Trinajstić information content (AvgIpc) is 2.61. The number of anilines is 1. The van der Waals surface area contributed by atoms with Crippen LogP contribution in [0.2, 0.25) is 0 Å². The normalized spacial score (nSPS) is 11.8. The summed E-state index contributed by atoms with van der Waals surface area (Å²) in [4.78, 5) is 25.2. The Balaban J connectivity index is 2.11. The standard InChI is InChI=1S/C20H23BrN2O3/c1-12(2)18(20(25)22-17-10-7-15(21)11-13(17)3)23-19(24)14-5-8-16(26-4)9-6-14/h5-12,18H,1-4H3,(H,22,25)(H,23,24). The molecule has 2 N–H and O–H groups in total. The van der Waals surface area contributed by atoms with Crippen LogP contribution in [0.4, 0.5) is 5.69 Å². The first-order chi connectivity index (χ1) is 12.3. The SMILES string of the molecule is COc1ccc(C(=O)NC(C(=O)Nc2ccc(Br)cc2C)C(C)C)cc1. The zero-order valence-corrected chi connectivity index (χ0v) is 16.9. The lowest BCUT2D eigenvalue weighted by molar-refractivity contribution is -0.118. The highest BCUT2D eigenvalue weighted by molar-refractivity contribution is 9.10. The topological polar surface area (TPSA) is 67.4 Å². The smallest absolute Gasteiger partial charge is 0.251 e. The van der Waals surface area contributed by atoms with Crippen molar-refractivity contribution in [1.82, 2.24) is 5.32 Å². The summed E-state index contributed by atoms with van der Waals surface area (Å²) in [5.74, 6) is 0.0692. The summed E-state index contributed by atoms with van der Waals surface area (Å²) in [6.07, 6.45) is 0. The van der Waals surface area contributed by atoms with Gasteiger partial charge in [0.05, 0.1) is 7.11 Å². The van der Waals surface area contributed by atoms with Crippen LogP contribution in [0.1, 0.15) is 29.8 Å². The van der Waals surface area contributed by atoms with Crippen LogP contribution in [0.25, 0.3) is 0 Å². The summed E-state index contributed by atoms with van der Waals surface area (Å²) in [6.45, 7) is 5.71. The van der Waals surface area contributed by atoms with Gasteiger partial charge < -0.3 is 15.4 Å². The first-order valence-corrected chi connectivity index (χ1v) is 9.13. The molecular formula is C20H23BrN2O3. The van der Waals surface area contributed by atoms with Gasteiger partial charge >= 0.3 is 0 Å². The van der Waals surface area contributed by atoms with Gasteiger partial charge in [-0.1, -0.05) is 29.8 Å². The molecule has 2 aromatic rings. The van der Waals surface area contributed by atoms with Crippen LogP contribution >= 0.6 is 15.9 Å². The van der Waals surface area contributed by atoms with Crippen LogP contribution in [-0.2, 0) is 4.79 Å². The van der Waals surface area contributed by atoms with E-state index in [9.17, 15) is 9.59 Å². The number of benzene rings is 2. The van der Waals surface area contributed by atoms with Gasteiger partial charge in [-0.2, -0.15) is 0 Å². The molecule has 138 valence electrons. The number of methoxy groups -OCH3 is 1. The lowest BCUT2D eigenvalue weighted by atomic mass is 10.0. The zero-order valence-electron chi connectivity index (χ0n) is 15.3. The van der Waals surface area contributed by atoms with Crippen molar-refractivity contribution in [2.75, 3.05) is 12.4 Å². The first-order valence-electron chi connectivity index (χ1n) is 8.33. The van der Waals surface area contributed by atoms with Gasteiger partial charge in [0.15, 0.2) is 0 Å². The Morgan fingerprint density at radius 1 is 1.08 bits per heavy atom. The van der Waals surface area contributed by atoms with Crippen molar-refractivity contribution in [3.63, 3.8) is 0 Å². The van der Waals surface area contributed by atoms with Crippen LogP contribution in [-0.4, -0.2) is 25.0 Å². The fourth-order valence-corrected chi connectivity index (χ4v) is 2.96. The second-order valence-corrected chi connectivity index (χ2v) is 7.29. The van der Waals surface area contributed by atoms with E-state index in [4.69, 9.17) is 4.74 Å². The van der Waals surface area contributed by atoms with E-state index >= 15 is 0 Å². The molecule has 0 saturated carbocycles. The van der Waals surface area contributed by atoms with Crippen molar-refractivity contribution >= 4 is 33.4 Å². The lowest BCUT2D eigenvalue weighted by Crippen LogP contribution is -2.47. The minimum absolute atomic E-state index is 0.0621. The van der Waals surface area contributed by atoms with E-state index in [1.54, 1.807) is 31.4 Å². The van der Waals surface area contributed by atoms with Crippen LogP contribution in [0.15, 0.2) is 46.9 Å². The van der Waals surface area contributed by atoms with Gasteiger partial charge in [-0.3, -0.25) is 9.59 Å². The Bertz CT molecular complexity index is 788. The summed E-state index contributed by atoms with van der Waals surface area (Å²) in [5.41, 5.74) is 2.14. The van der Waals surface area contributed by atoms with Crippen LogP contribution in [0.3, 0.4) is 0 Å². The van der Waals surface area contributed by atoms with Crippen molar-refractivity contribution in [1.29, 1.82) is 0 Å². The Morgan fingerprint density at radius 2 is 1.73 bits per heavy atom. The summed E-state index contributed by atoms with van der Waals surface area (Å²) in [5, 5.41) is 5.72. The van der Waals surface area contributed by atoms with Crippen molar-refractivity contribution < 1.29 is 14.3 Å². The zero-order chi connectivity index (χ0) is 19.3. The molecule has 0 heterocycles. The number of rotatable bonds is 6. The highest BCUT2D eigenvalue weighted by Gasteiger charge is 2.25. The number of carbonyl (C=O) groups is 2. The molecule has 5 nitrogen and oxygen atoms in total. The summed E-state index contributed by atoms with van der Waals surface area (Å²) in [7, 11) is 1.57. The summed E-state index contributed by atoms with van der Waals surface area (Å²) in [6, 6.07) is 11.7. The maximum Gasteiger partial charge on any atom is 0.251 e. The molecule has 2 amide bonds. The number of hydrogen-bond donors (Lipinski definition) is 2. The maximum absolute atomic E-state index is 12.7. The predicted octanol–water partition coefficient (Wildman–Crippen LogP) is 4.16. The molecule has 26 heavy (non-hydrogen) atoms. The van der Waals surface area contributed by atoms with E-state index < -0.39 is 6.04 Å². The second-order valence-electron chi connectivity index (χ2n) is 6.37. The van der Waals surface area contributed by atoms with Gasteiger partial charge in [-0.05, 0) is 60.9 Å². The molecule has 0 aromatic heterocycles. The Kier molecular flexibility index (Phi) is 6.80. The first kappa shape index (κ1) is 20.0. The fourth-order valence-electron chi connectivity index (χ4n) is 2.48. The Hall–Kier alpha value is -2.34. The molecular weight excluding hydrogens is 396 g/mol. The van der Waals surface area contributed by atoms with Crippen molar-refractivity contribution in [2.24, 2.45) is 5.92 Å². The van der Waals surface area contributed by atoms with E-state index in [1.807, 2.05) is 39.0 Å². The number of carbonyl (C=O) groups excluding carboxylic acids is 2. The number of hydrogen-bond acceptors (Lipinski definition) is 3. The highest BCUT2D eigenvalue weighted by Crippen LogP contribution is 2.21. The molecule has 6 heteroatoms. The molecule has 2 aromatic carbocycles. The third kappa shape index (κ3) is 5.08. The molecule has 0 bridgehead atoms. The molecule has 0 saturated heterocycles. The fraction of sp³-hybridized carbons (Fsp3) is 0.300. The van der Waals surface area contributed by atoms with Gasteiger partial charge in [-0.15, -0.1) is 0 Å². The summed E-state index contributed by atoms with van der Waals surface area (Å²) < 4.78 is 6.04. The molecule has 1 atom stereocenters.